The molecule has 1 unspecified atom stereocenters. The number of rotatable bonds is 6. The Morgan fingerprint density at radius 2 is 1.90 bits per heavy atom. The molecule has 0 spiro atoms. The smallest absolute Gasteiger partial charge is 0.121 e. The van der Waals surface area contributed by atoms with E-state index >= 15 is 0 Å². The van der Waals surface area contributed by atoms with Crippen LogP contribution in [0, 0.1) is 0 Å². The summed E-state index contributed by atoms with van der Waals surface area (Å²) >= 11 is 12.3. The molecule has 0 aliphatic rings. The highest BCUT2D eigenvalue weighted by Crippen LogP contribution is 2.32. The van der Waals surface area contributed by atoms with Crippen LogP contribution >= 0.6 is 23.2 Å². The second kappa shape index (κ2) is 7.58. The van der Waals surface area contributed by atoms with E-state index in [1.54, 1.807) is 6.07 Å². The Kier molecular flexibility index (Phi) is 5.77. The minimum absolute atomic E-state index is 0.0534. The lowest BCUT2D eigenvalue weighted by molar-refractivity contribution is 0.317. The third-order valence-electron chi connectivity index (χ3n) is 3.14. The third-order valence-corrected chi connectivity index (χ3v) is 3.97. The molecule has 0 bridgehead atoms. The van der Waals surface area contributed by atoms with Gasteiger partial charge in [0.25, 0.3) is 0 Å². The van der Waals surface area contributed by atoms with Gasteiger partial charge in [-0.25, -0.2) is 0 Å². The first-order valence-corrected chi connectivity index (χ1v) is 7.80. The topological polar surface area (TPSA) is 21.3 Å². The van der Waals surface area contributed by atoms with Gasteiger partial charge < -0.3 is 10.1 Å². The van der Waals surface area contributed by atoms with Gasteiger partial charge in [-0.15, -0.1) is 0 Å². The van der Waals surface area contributed by atoms with Crippen LogP contribution in [0.2, 0.25) is 10.0 Å². The number of nitrogens with one attached hydrogen (secondary N) is 1. The number of halogens is 2. The summed E-state index contributed by atoms with van der Waals surface area (Å²) in [5, 5.41) is 4.59. The minimum atomic E-state index is 0.0534. The SMILES string of the molecule is CCCOc1cccc(NC(C)c2cccc(Cl)c2Cl)c1. The first-order valence-electron chi connectivity index (χ1n) is 7.05. The molecule has 0 aromatic heterocycles. The highest BCUT2D eigenvalue weighted by atomic mass is 35.5. The van der Waals surface area contributed by atoms with Gasteiger partial charge in [-0.05, 0) is 37.1 Å². The Morgan fingerprint density at radius 3 is 2.67 bits per heavy atom. The van der Waals surface area contributed by atoms with Gasteiger partial charge in [0.1, 0.15) is 5.75 Å². The standard InChI is InChI=1S/C17H19Cl2NO/c1-3-10-21-14-7-4-6-13(11-14)20-12(2)15-8-5-9-16(18)17(15)19/h4-9,11-12,20H,3,10H2,1-2H3. The van der Waals surface area contributed by atoms with E-state index in [0.29, 0.717) is 10.0 Å². The molecule has 0 aliphatic heterocycles. The van der Waals surface area contributed by atoms with Crippen molar-refractivity contribution < 1.29 is 4.74 Å². The zero-order chi connectivity index (χ0) is 15.2. The maximum Gasteiger partial charge on any atom is 0.121 e. The molecule has 0 radical (unpaired) electrons. The zero-order valence-corrected chi connectivity index (χ0v) is 13.7. The molecule has 0 aliphatic carbocycles. The van der Waals surface area contributed by atoms with Crippen LogP contribution in [0.4, 0.5) is 5.69 Å². The lowest BCUT2D eigenvalue weighted by atomic mass is 10.1. The predicted octanol–water partition coefficient (Wildman–Crippen LogP) is 5.96. The summed E-state index contributed by atoms with van der Waals surface area (Å²) in [5.41, 5.74) is 1.97. The first kappa shape index (κ1) is 16.0. The van der Waals surface area contributed by atoms with Crippen LogP contribution in [0.3, 0.4) is 0 Å². The number of hydrogen-bond donors (Lipinski definition) is 1. The minimum Gasteiger partial charge on any atom is -0.494 e. The number of hydrogen-bond acceptors (Lipinski definition) is 2. The second-order valence-corrected chi connectivity index (χ2v) is 5.67. The lowest BCUT2D eigenvalue weighted by Crippen LogP contribution is -2.07. The molecule has 0 heterocycles. The normalized spacial score (nSPS) is 12.0. The van der Waals surface area contributed by atoms with Gasteiger partial charge in [-0.2, -0.15) is 0 Å². The fourth-order valence-corrected chi connectivity index (χ4v) is 2.55. The first-order chi connectivity index (χ1) is 10.1. The lowest BCUT2D eigenvalue weighted by Gasteiger charge is -2.18. The van der Waals surface area contributed by atoms with E-state index in [-0.39, 0.29) is 6.04 Å². The summed E-state index contributed by atoms with van der Waals surface area (Å²) in [6.45, 7) is 4.86. The Bertz CT molecular complexity index is 601. The summed E-state index contributed by atoms with van der Waals surface area (Å²) in [7, 11) is 0. The van der Waals surface area contributed by atoms with E-state index in [2.05, 4.69) is 19.2 Å². The molecule has 0 saturated heterocycles. The Labute approximate surface area is 136 Å². The van der Waals surface area contributed by atoms with E-state index in [4.69, 9.17) is 27.9 Å². The summed E-state index contributed by atoms with van der Waals surface area (Å²) in [4.78, 5) is 0. The molecular weight excluding hydrogens is 305 g/mol. The van der Waals surface area contributed by atoms with Crippen molar-refractivity contribution in [2.75, 3.05) is 11.9 Å². The van der Waals surface area contributed by atoms with Crippen LogP contribution in [0.1, 0.15) is 31.9 Å². The fraction of sp³-hybridized carbons (Fsp3) is 0.294. The number of benzene rings is 2. The van der Waals surface area contributed by atoms with Crippen LogP contribution < -0.4 is 10.1 Å². The quantitative estimate of drug-likeness (QED) is 0.708. The van der Waals surface area contributed by atoms with E-state index in [9.17, 15) is 0 Å². The van der Waals surface area contributed by atoms with Crippen LogP contribution in [0.5, 0.6) is 5.75 Å². The number of anilines is 1. The van der Waals surface area contributed by atoms with E-state index in [1.165, 1.54) is 0 Å². The molecule has 4 heteroatoms. The van der Waals surface area contributed by atoms with Crippen molar-refractivity contribution in [1.82, 2.24) is 0 Å². The van der Waals surface area contributed by atoms with Crippen molar-refractivity contribution in [1.29, 1.82) is 0 Å². The highest BCUT2D eigenvalue weighted by molar-refractivity contribution is 6.42. The van der Waals surface area contributed by atoms with Gasteiger partial charge in [-0.3, -0.25) is 0 Å². The van der Waals surface area contributed by atoms with Gasteiger partial charge in [0.2, 0.25) is 0 Å². The monoisotopic (exact) mass is 323 g/mol. The Morgan fingerprint density at radius 1 is 1.14 bits per heavy atom. The van der Waals surface area contributed by atoms with Crippen molar-refractivity contribution in [2.24, 2.45) is 0 Å². The summed E-state index contributed by atoms with van der Waals surface area (Å²) in [6.07, 6.45) is 0.992. The van der Waals surface area contributed by atoms with Crippen molar-refractivity contribution in [3.8, 4) is 5.75 Å². The highest BCUT2D eigenvalue weighted by Gasteiger charge is 2.12. The van der Waals surface area contributed by atoms with Crippen molar-refractivity contribution in [3.63, 3.8) is 0 Å². The molecule has 0 amide bonds. The van der Waals surface area contributed by atoms with Crippen LogP contribution in [-0.4, -0.2) is 6.61 Å². The van der Waals surface area contributed by atoms with Gasteiger partial charge in [0.05, 0.1) is 22.7 Å². The van der Waals surface area contributed by atoms with Crippen molar-refractivity contribution in [2.45, 2.75) is 26.3 Å². The largest absolute Gasteiger partial charge is 0.494 e. The Balaban J connectivity index is 2.12. The maximum atomic E-state index is 6.26. The van der Waals surface area contributed by atoms with E-state index in [1.807, 2.05) is 36.4 Å². The van der Waals surface area contributed by atoms with E-state index < -0.39 is 0 Å². The second-order valence-electron chi connectivity index (χ2n) is 4.89. The summed E-state index contributed by atoms with van der Waals surface area (Å²) in [6, 6.07) is 13.7. The maximum absolute atomic E-state index is 6.26. The molecule has 0 fully saturated rings. The molecule has 2 rings (SSSR count). The zero-order valence-electron chi connectivity index (χ0n) is 12.2. The average Bonchev–Trinajstić information content (AvgIpc) is 2.48. The Hall–Kier alpha value is -1.38. The molecular formula is C17H19Cl2NO. The van der Waals surface area contributed by atoms with Gasteiger partial charge >= 0.3 is 0 Å². The molecule has 1 atom stereocenters. The molecule has 0 saturated carbocycles. The van der Waals surface area contributed by atoms with Crippen LogP contribution in [-0.2, 0) is 0 Å². The van der Waals surface area contributed by atoms with Crippen molar-refractivity contribution >= 4 is 28.9 Å². The fourth-order valence-electron chi connectivity index (χ4n) is 2.08. The molecule has 112 valence electrons. The van der Waals surface area contributed by atoms with Gasteiger partial charge in [0, 0.05) is 11.8 Å². The molecule has 2 aromatic carbocycles. The van der Waals surface area contributed by atoms with Gasteiger partial charge in [0.15, 0.2) is 0 Å². The molecule has 2 nitrogen and oxygen atoms in total. The van der Waals surface area contributed by atoms with Crippen molar-refractivity contribution in [3.05, 3.63) is 58.1 Å². The molecule has 21 heavy (non-hydrogen) atoms. The summed E-state index contributed by atoms with van der Waals surface area (Å²) < 4.78 is 5.64. The number of ether oxygens (including phenoxy) is 1. The predicted molar refractivity (Wildman–Crippen MR) is 90.7 cm³/mol. The average molecular weight is 324 g/mol. The van der Waals surface area contributed by atoms with Crippen LogP contribution in [0.15, 0.2) is 42.5 Å². The summed E-state index contributed by atoms with van der Waals surface area (Å²) in [5.74, 6) is 0.867. The van der Waals surface area contributed by atoms with E-state index in [0.717, 1.165) is 30.0 Å². The van der Waals surface area contributed by atoms with Gasteiger partial charge in [-0.1, -0.05) is 48.3 Å². The molecule has 1 N–H and O–H groups in total. The molecule has 2 aromatic rings. The third kappa shape index (κ3) is 4.29. The van der Waals surface area contributed by atoms with Crippen LogP contribution in [0.25, 0.3) is 0 Å².